The number of aliphatic carboxylic acids is 1. The maximum Gasteiger partial charge on any atom is 0.329 e. The third-order valence-electron chi connectivity index (χ3n) is 5.64. The van der Waals surface area contributed by atoms with Gasteiger partial charge in [0, 0.05) is 17.4 Å². The monoisotopic (exact) mass is 432 g/mol. The minimum atomic E-state index is -1.44. The highest BCUT2D eigenvalue weighted by atomic mass is 32.1. The summed E-state index contributed by atoms with van der Waals surface area (Å²) in [5, 5.41) is 12.3. The van der Waals surface area contributed by atoms with Crippen molar-refractivity contribution in [2.24, 2.45) is 0 Å². The first-order valence-corrected chi connectivity index (χ1v) is 11.0. The number of hydrogen-bond acceptors (Lipinski definition) is 4. The Morgan fingerprint density at radius 1 is 1.10 bits per heavy atom. The van der Waals surface area contributed by atoms with Crippen LogP contribution in [0.2, 0.25) is 0 Å². The van der Waals surface area contributed by atoms with E-state index in [1.54, 1.807) is 13.8 Å². The molecule has 4 rings (SSSR count). The molecule has 0 aliphatic rings. The van der Waals surface area contributed by atoms with Crippen molar-refractivity contribution in [3.05, 3.63) is 86.8 Å². The Hall–Kier alpha value is -3.25. The summed E-state index contributed by atoms with van der Waals surface area (Å²) in [6.45, 7) is 7.13. The van der Waals surface area contributed by atoms with Gasteiger partial charge in [0.05, 0.1) is 5.39 Å². The highest BCUT2D eigenvalue weighted by Crippen LogP contribution is 2.34. The van der Waals surface area contributed by atoms with Gasteiger partial charge in [-0.3, -0.25) is 9.36 Å². The molecule has 5 nitrogen and oxygen atoms in total. The van der Waals surface area contributed by atoms with E-state index in [1.807, 2.05) is 61.7 Å². The fourth-order valence-electron chi connectivity index (χ4n) is 3.92. The van der Waals surface area contributed by atoms with E-state index in [1.165, 1.54) is 15.9 Å². The van der Waals surface area contributed by atoms with Crippen LogP contribution in [0, 0.1) is 13.8 Å². The second kappa shape index (κ2) is 7.78. The number of aryl methyl sites for hydroxylation is 2. The van der Waals surface area contributed by atoms with Gasteiger partial charge in [-0.2, -0.15) is 0 Å². The van der Waals surface area contributed by atoms with Crippen LogP contribution in [0.4, 0.5) is 0 Å². The normalized spacial score (nSPS) is 11.7. The highest BCUT2D eigenvalue weighted by molar-refractivity contribution is 7.17. The van der Waals surface area contributed by atoms with Gasteiger partial charge < -0.3 is 5.11 Å². The number of benzene rings is 2. The summed E-state index contributed by atoms with van der Waals surface area (Å²) in [7, 11) is 0. The smallest absolute Gasteiger partial charge is 0.329 e. The Labute approximate surface area is 184 Å². The van der Waals surface area contributed by atoms with Crippen LogP contribution in [0.1, 0.15) is 36.4 Å². The SMILES string of the molecule is Cc1ccc(-c2csc3nc(Cc4ccccc4)n(C(C)(C)C(=O)O)c(=O)c23)c(C)c1. The third kappa shape index (κ3) is 3.68. The fraction of sp³-hybridized carbons (Fsp3) is 0.240. The molecule has 0 spiro atoms. The molecule has 31 heavy (non-hydrogen) atoms. The molecule has 0 fully saturated rings. The number of rotatable bonds is 5. The molecular formula is C25H24N2O3S. The maximum atomic E-state index is 13.8. The van der Waals surface area contributed by atoms with Gasteiger partial charge >= 0.3 is 5.97 Å². The Balaban J connectivity index is 2.02. The number of aromatic nitrogens is 2. The van der Waals surface area contributed by atoms with E-state index in [-0.39, 0.29) is 5.56 Å². The molecule has 2 heterocycles. The van der Waals surface area contributed by atoms with Gasteiger partial charge in [0.1, 0.15) is 16.2 Å². The van der Waals surface area contributed by atoms with Crippen molar-refractivity contribution in [3.63, 3.8) is 0 Å². The predicted octanol–water partition coefficient (Wildman–Crippen LogP) is 5.15. The Kier molecular flexibility index (Phi) is 5.27. The molecule has 1 N–H and O–H groups in total. The van der Waals surface area contributed by atoms with E-state index in [0.29, 0.717) is 22.5 Å². The second-order valence-electron chi connectivity index (χ2n) is 8.34. The number of nitrogens with zero attached hydrogens (tertiary/aromatic N) is 2. The van der Waals surface area contributed by atoms with Crippen molar-refractivity contribution in [1.82, 2.24) is 9.55 Å². The lowest BCUT2D eigenvalue weighted by Gasteiger charge is -2.26. The predicted molar refractivity (Wildman–Crippen MR) is 125 cm³/mol. The standard InChI is InChI=1S/C25H24N2O3S/c1-15-10-11-18(16(2)12-15)19-14-31-22-21(19)23(28)27(25(3,4)24(29)30)20(26-22)13-17-8-6-5-7-9-17/h5-12,14H,13H2,1-4H3,(H,29,30). The zero-order valence-corrected chi connectivity index (χ0v) is 18.8. The lowest BCUT2D eigenvalue weighted by Crippen LogP contribution is -2.45. The van der Waals surface area contributed by atoms with E-state index in [2.05, 4.69) is 6.07 Å². The van der Waals surface area contributed by atoms with Crippen LogP contribution < -0.4 is 5.56 Å². The van der Waals surface area contributed by atoms with Gasteiger partial charge in [-0.1, -0.05) is 54.1 Å². The van der Waals surface area contributed by atoms with Gasteiger partial charge in [0.25, 0.3) is 5.56 Å². The van der Waals surface area contributed by atoms with Crippen molar-refractivity contribution in [2.75, 3.05) is 0 Å². The van der Waals surface area contributed by atoms with Crippen LogP contribution in [-0.4, -0.2) is 20.6 Å². The zero-order chi connectivity index (χ0) is 22.3. The molecule has 4 aromatic rings. The fourth-order valence-corrected chi connectivity index (χ4v) is 4.86. The molecule has 0 unspecified atom stereocenters. The van der Waals surface area contributed by atoms with Crippen molar-refractivity contribution in [1.29, 1.82) is 0 Å². The molecule has 0 saturated heterocycles. The van der Waals surface area contributed by atoms with Crippen LogP contribution in [-0.2, 0) is 16.8 Å². The van der Waals surface area contributed by atoms with Gasteiger partial charge in [-0.15, -0.1) is 11.3 Å². The molecule has 0 aliphatic heterocycles. The van der Waals surface area contributed by atoms with Gasteiger partial charge in [0.2, 0.25) is 0 Å². The molecule has 0 bridgehead atoms. The van der Waals surface area contributed by atoms with Crippen LogP contribution in [0.15, 0.2) is 58.7 Å². The van der Waals surface area contributed by atoms with Crippen molar-refractivity contribution >= 4 is 27.5 Å². The molecule has 0 radical (unpaired) electrons. The topological polar surface area (TPSA) is 72.2 Å². The first-order valence-electron chi connectivity index (χ1n) is 10.1. The number of fused-ring (bicyclic) bond motifs is 1. The quantitative estimate of drug-likeness (QED) is 0.473. The Bertz CT molecular complexity index is 1350. The maximum absolute atomic E-state index is 13.8. The van der Waals surface area contributed by atoms with E-state index in [0.717, 1.165) is 27.8 Å². The van der Waals surface area contributed by atoms with Gasteiger partial charge in [0.15, 0.2) is 0 Å². The lowest BCUT2D eigenvalue weighted by atomic mass is 9.98. The van der Waals surface area contributed by atoms with Crippen LogP contribution in [0.5, 0.6) is 0 Å². The van der Waals surface area contributed by atoms with E-state index in [4.69, 9.17) is 4.98 Å². The molecule has 2 aromatic carbocycles. The minimum Gasteiger partial charge on any atom is -0.480 e. The third-order valence-corrected chi connectivity index (χ3v) is 6.51. The van der Waals surface area contributed by atoms with E-state index in [9.17, 15) is 14.7 Å². The number of carboxylic acid groups (broad SMARTS) is 1. The summed E-state index contributed by atoms with van der Waals surface area (Å²) in [6.07, 6.45) is 0.375. The van der Waals surface area contributed by atoms with Crippen LogP contribution in [0.25, 0.3) is 21.3 Å². The molecule has 2 aromatic heterocycles. The van der Waals surface area contributed by atoms with Gasteiger partial charge in [-0.05, 0) is 44.4 Å². The Morgan fingerprint density at radius 2 is 1.81 bits per heavy atom. The van der Waals surface area contributed by atoms with Crippen LogP contribution >= 0.6 is 11.3 Å². The van der Waals surface area contributed by atoms with Crippen molar-refractivity contribution < 1.29 is 9.90 Å². The molecule has 158 valence electrons. The highest BCUT2D eigenvalue weighted by Gasteiger charge is 2.34. The first-order chi connectivity index (χ1) is 14.7. The molecule has 0 amide bonds. The zero-order valence-electron chi connectivity index (χ0n) is 18.0. The largest absolute Gasteiger partial charge is 0.480 e. The average molecular weight is 433 g/mol. The lowest BCUT2D eigenvalue weighted by molar-refractivity contribution is -0.146. The van der Waals surface area contributed by atoms with E-state index >= 15 is 0 Å². The summed E-state index contributed by atoms with van der Waals surface area (Å²) in [6, 6.07) is 15.8. The van der Waals surface area contributed by atoms with Crippen molar-refractivity contribution in [3.8, 4) is 11.1 Å². The Morgan fingerprint density at radius 3 is 2.45 bits per heavy atom. The molecule has 0 aliphatic carbocycles. The van der Waals surface area contributed by atoms with Gasteiger partial charge in [-0.25, -0.2) is 9.78 Å². The number of carboxylic acids is 1. The number of thiophene rings is 1. The molecule has 0 saturated carbocycles. The molecular weight excluding hydrogens is 408 g/mol. The van der Waals surface area contributed by atoms with E-state index < -0.39 is 11.5 Å². The summed E-state index contributed by atoms with van der Waals surface area (Å²) >= 11 is 1.42. The average Bonchev–Trinajstić information content (AvgIpc) is 3.12. The van der Waals surface area contributed by atoms with Crippen molar-refractivity contribution in [2.45, 2.75) is 39.7 Å². The number of carbonyl (C=O) groups is 1. The number of hydrogen-bond donors (Lipinski definition) is 1. The summed E-state index contributed by atoms with van der Waals surface area (Å²) < 4.78 is 1.35. The summed E-state index contributed by atoms with van der Waals surface area (Å²) in [5.74, 6) is -0.626. The second-order valence-corrected chi connectivity index (χ2v) is 9.20. The summed E-state index contributed by atoms with van der Waals surface area (Å²) in [4.78, 5) is 31.3. The summed E-state index contributed by atoms with van der Waals surface area (Å²) in [5.41, 5.74) is 3.19. The minimum absolute atomic E-state index is 0.320. The molecule has 6 heteroatoms. The van der Waals surface area contributed by atoms with Crippen LogP contribution in [0.3, 0.4) is 0 Å². The molecule has 0 atom stereocenters. The first kappa shape index (κ1) is 21.0.